The molecule has 1 amide bonds. The zero-order chi connectivity index (χ0) is 13.9. The second kappa shape index (κ2) is 5.20. The van der Waals surface area contributed by atoms with E-state index in [-0.39, 0.29) is 24.0 Å². The number of primary amides is 1. The molecule has 0 saturated carbocycles. The maximum atomic E-state index is 12.0. The Morgan fingerprint density at radius 1 is 1.56 bits per heavy atom. The van der Waals surface area contributed by atoms with Crippen molar-refractivity contribution in [2.24, 2.45) is 11.1 Å². The van der Waals surface area contributed by atoms with E-state index in [1.807, 2.05) is 13.8 Å². The molecule has 1 heterocycles. The lowest BCUT2D eigenvalue weighted by molar-refractivity contribution is -0.125. The minimum atomic E-state index is -0.730. The van der Waals surface area contributed by atoms with E-state index in [9.17, 15) is 9.59 Å². The second-order valence-electron chi connectivity index (χ2n) is 5.18. The van der Waals surface area contributed by atoms with E-state index in [4.69, 9.17) is 5.73 Å². The zero-order valence-corrected chi connectivity index (χ0v) is 11.2. The number of hydrogen-bond acceptors (Lipinski definition) is 4. The lowest BCUT2D eigenvalue weighted by Crippen LogP contribution is -2.38. The Morgan fingerprint density at radius 2 is 2.17 bits per heavy atom. The highest BCUT2D eigenvalue weighted by atomic mass is 16.1. The van der Waals surface area contributed by atoms with Gasteiger partial charge in [-0.15, -0.1) is 0 Å². The third kappa shape index (κ3) is 3.09. The fourth-order valence-electron chi connectivity index (χ4n) is 1.34. The van der Waals surface area contributed by atoms with Gasteiger partial charge >= 0.3 is 0 Å². The van der Waals surface area contributed by atoms with Crippen molar-refractivity contribution in [1.82, 2.24) is 9.55 Å². The van der Waals surface area contributed by atoms with E-state index >= 15 is 0 Å². The van der Waals surface area contributed by atoms with Gasteiger partial charge in [-0.1, -0.05) is 0 Å². The molecule has 6 heteroatoms. The predicted octanol–water partition coefficient (Wildman–Crippen LogP) is 0.748. The fourth-order valence-corrected chi connectivity index (χ4v) is 1.34. The summed E-state index contributed by atoms with van der Waals surface area (Å²) < 4.78 is 1.58. The highest BCUT2D eigenvalue weighted by Gasteiger charge is 2.25. The second-order valence-corrected chi connectivity index (χ2v) is 5.18. The molecule has 0 aliphatic heterocycles. The molecule has 0 fully saturated rings. The monoisotopic (exact) mass is 252 g/mol. The van der Waals surface area contributed by atoms with Crippen molar-refractivity contribution in [2.75, 3.05) is 11.9 Å². The number of aromatic nitrogens is 2. The zero-order valence-electron chi connectivity index (χ0n) is 11.2. The van der Waals surface area contributed by atoms with E-state index in [1.54, 1.807) is 30.8 Å². The average molecular weight is 252 g/mol. The van der Waals surface area contributed by atoms with E-state index < -0.39 is 11.3 Å². The van der Waals surface area contributed by atoms with Crippen LogP contribution in [-0.4, -0.2) is 22.0 Å². The Bertz CT molecular complexity index is 491. The number of carbonyl (C=O) groups excluding carboxylic acids is 1. The topological polar surface area (TPSA) is 90.0 Å². The van der Waals surface area contributed by atoms with Crippen LogP contribution >= 0.6 is 0 Å². The average Bonchev–Trinajstić information content (AvgIpc) is 2.27. The number of amides is 1. The van der Waals surface area contributed by atoms with Crippen molar-refractivity contribution in [3.63, 3.8) is 0 Å². The Morgan fingerprint density at radius 3 is 2.67 bits per heavy atom. The molecule has 0 unspecified atom stereocenters. The summed E-state index contributed by atoms with van der Waals surface area (Å²) >= 11 is 0. The van der Waals surface area contributed by atoms with E-state index in [0.717, 1.165) is 0 Å². The first kappa shape index (κ1) is 14.2. The molecule has 0 atom stereocenters. The maximum absolute atomic E-state index is 12.0. The Labute approximate surface area is 106 Å². The summed E-state index contributed by atoms with van der Waals surface area (Å²) in [6.07, 6.45) is 3.19. The molecule has 0 spiro atoms. The summed E-state index contributed by atoms with van der Waals surface area (Å²) in [5, 5.41) is 2.88. The van der Waals surface area contributed by atoms with E-state index in [1.165, 1.54) is 0 Å². The molecular weight excluding hydrogens is 232 g/mol. The number of rotatable bonds is 5. The van der Waals surface area contributed by atoms with Gasteiger partial charge in [0.15, 0.2) is 5.82 Å². The van der Waals surface area contributed by atoms with Crippen molar-refractivity contribution in [2.45, 2.75) is 33.7 Å². The summed E-state index contributed by atoms with van der Waals surface area (Å²) in [6, 6.07) is 0.0604. The first-order chi connectivity index (χ1) is 8.25. The molecular formula is C12H20N4O2. The SMILES string of the molecule is CC(C)n1ccnc(NCC(C)(C)C(N)=O)c1=O. The maximum Gasteiger partial charge on any atom is 0.293 e. The van der Waals surface area contributed by atoms with Crippen molar-refractivity contribution in [3.05, 3.63) is 22.7 Å². The largest absolute Gasteiger partial charge is 0.369 e. The molecule has 0 radical (unpaired) electrons. The first-order valence-corrected chi connectivity index (χ1v) is 5.86. The quantitative estimate of drug-likeness (QED) is 0.809. The van der Waals surface area contributed by atoms with Gasteiger partial charge in [0.05, 0.1) is 5.41 Å². The van der Waals surface area contributed by atoms with E-state index in [2.05, 4.69) is 10.3 Å². The molecule has 0 saturated heterocycles. The van der Waals surface area contributed by atoms with Gasteiger partial charge in [0.25, 0.3) is 5.56 Å². The van der Waals surface area contributed by atoms with Crippen molar-refractivity contribution < 1.29 is 4.79 Å². The van der Waals surface area contributed by atoms with Crippen LogP contribution in [0.5, 0.6) is 0 Å². The van der Waals surface area contributed by atoms with Gasteiger partial charge in [-0.05, 0) is 27.7 Å². The lowest BCUT2D eigenvalue weighted by atomic mass is 9.93. The Kier molecular flexibility index (Phi) is 4.11. The first-order valence-electron chi connectivity index (χ1n) is 5.86. The van der Waals surface area contributed by atoms with Crippen LogP contribution in [0.3, 0.4) is 0 Å². The number of nitrogens with two attached hydrogens (primary N) is 1. The van der Waals surface area contributed by atoms with Gasteiger partial charge in [-0.3, -0.25) is 9.59 Å². The van der Waals surface area contributed by atoms with Crippen LogP contribution in [-0.2, 0) is 4.79 Å². The highest BCUT2D eigenvalue weighted by molar-refractivity contribution is 5.80. The third-order valence-electron chi connectivity index (χ3n) is 2.79. The van der Waals surface area contributed by atoms with Crippen molar-refractivity contribution >= 4 is 11.7 Å². The molecule has 1 aromatic rings. The van der Waals surface area contributed by atoms with Crippen LogP contribution in [0.4, 0.5) is 5.82 Å². The summed E-state index contributed by atoms with van der Waals surface area (Å²) in [5.74, 6) is -0.185. The van der Waals surface area contributed by atoms with Crippen LogP contribution in [0.15, 0.2) is 17.2 Å². The van der Waals surface area contributed by atoms with Gasteiger partial charge in [0.2, 0.25) is 5.91 Å². The molecule has 0 aliphatic carbocycles. The molecule has 6 nitrogen and oxygen atoms in total. The summed E-state index contributed by atoms with van der Waals surface area (Å²) in [7, 11) is 0. The van der Waals surface area contributed by atoms with Gasteiger partial charge < -0.3 is 15.6 Å². The Balaban J connectivity index is 2.90. The van der Waals surface area contributed by atoms with Crippen LogP contribution in [0, 0.1) is 5.41 Å². The molecule has 100 valence electrons. The number of nitrogens with zero attached hydrogens (tertiary/aromatic N) is 2. The molecule has 0 bridgehead atoms. The van der Waals surface area contributed by atoms with Gasteiger partial charge in [0.1, 0.15) is 0 Å². The fraction of sp³-hybridized carbons (Fsp3) is 0.583. The number of hydrogen-bond donors (Lipinski definition) is 2. The van der Waals surface area contributed by atoms with Crippen LogP contribution in [0.1, 0.15) is 33.7 Å². The third-order valence-corrected chi connectivity index (χ3v) is 2.79. The Hall–Kier alpha value is -1.85. The van der Waals surface area contributed by atoms with E-state index in [0.29, 0.717) is 0 Å². The lowest BCUT2D eigenvalue weighted by Gasteiger charge is -2.21. The van der Waals surface area contributed by atoms with Gasteiger partial charge in [-0.2, -0.15) is 0 Å². The predicted molar refractivity (Wildman–Crippen MR) is 70.3 cm³/mol. The van der Waals surface area contributed by atoms with Crippen molar-refractivity contribution in [3.8, 4) is 0 Å². The smallest absolute Gasteiger partial charge is 0.293 e. The van der Waals surface area contributed by atoms with Gasteiger partial charge in [-0.25, -0.2) is 4.98 Å². The molecule has 1 rings (SSSR count). The molecule has 0 aromatic carbocycles. The van der Waals surface area contributed by atoms with Crippen LogP contribution in [0.25, 0.3) is 0 Å². The van der Waals surface area contributed by atoms with Crippen molar-refractivity contribution in [1.29, 1.82) is 0 Å². The molecule has 0 aliphatic rings. The number of nitrogens with one attached hydrogen (secondary N) is 1. The number of anilines is 1. The highest BCUT2D eigenvalue weighted by Crippen LogP contribution is 2.14. The number of carbonyl (C=O) groups is 1. The van der Waals surface area contributed by atoms with Crippen LogP contribution in [0.2, 0.25) is 0 Å². The minimum Gasteiger partial charge on any atom is -0.369 e. The minimum absolute atomic E-state index is 0.0604. The summed E-state index contributed by atoms with van der Waals surface area (Å²) in [5.41, 5.74) is 4.34. The normalized spacial score (nSPS) is 11.6. The molecule has 3 N–H and O–H groups in total. The molecule has 1 aromatic heterocycles. The van der Waals surface area contributed by atoms with Gasteiger partial charge in [0, 0.05) is 25.0 Å². The van der Waals surface area contributed by atoms with Crippen LogP contribution < -0.4 is 16.6 Å². The molecule has 18 heavy (non-hydrogen) atoms. The summed E-state index contributed by atoms with van der Waals surface area (Å²) in [6.45, 7) is 7.53. The summed E-state index contributed by atoms with van der Waals surface area (Å²) in [4.78, 5) is 27.2. The standard InChI is InChI=1S/C12H20N4O2/c1-8(2)16-6-5-14-9(10(16)17)15-7-12(3,4)11(13)18/h5-6,8H,7H2,1-4H3,(H2,13,18)(H,14,15).